The molecule has 1 saturated carbocycles. The highest BCUT2D eigenvalue weighted by atomic mass is 19.4. The Bertz CT molecular complexity index is 1600. The van der Waals surface area contributed by atoms with Crippen molar-refractivity contribution in [2.75, 3.05) is 18.0 Å². The summed E-state index contributed by atoms with van der Waals surface area (Å²) in [7, 11) is 0. The lowest BCUT2D eigenvalue weighted by Crippen LogP contribution is -2.45. The van der Waals surface area contributed by atoms with Crippen LogP contribution in [0.1, 0.15) is 35.4 Å². The molecule has 0 amide bonds. The van der Waals surface area contributed by atoms with E-state index in [2.05, 4.69) is 19.6 Å². The van der Waals surface area contributed by atoms with Gasteiger partial charge in [0.05, 0.1) is 22.7 Å². The summed E-state index contributed by atoms with van der Waals surface area (Å²) in [6.45, 7) is 2.94. The fourth-order valence-corrected chi connectivity index (χ4v) is 4.83. The zero-order valence-corrected chi connectivity index (χ0v) is 21.2. The van der Waals surface area contributed by atoms with Crippen molar-refractivity contribution in [1.29, 1.82) is 0 Å². The Morgan fingerprint density at radius 1 is 0.975 bits per heavy atom. The van der Waals surface area contributed by atoms with Crippen molar-refractivity contribution >= 4 is 22.7 Å². The minimum atomic E-state index is -4.93. The first-order chi connectivity index (χ1) is 19.0. The fourth-order valence-electron chi connectivity index (χ4n) is 4.83. The number of alkyl halides is 6. The van der Waals surface area contributed by atoms with Crippen LogP contribution in [0.3, 0.4) is 0 Å². The van der Waals surface area contributed by atoms with E-state index in [9.17, 15) is 26.3 Å². The van der Waals surface area contributed by atoms with Gasteiger partial charge in [0.2, 0.25) is 5.76 Å². The Kier molecular flexibility index (Phi) is 6.27. The van der Waals surface area contributed by atoms with Crippen LogP contribution in [0.15, 0.2) is 59.1 Å². The standard InChI is InChI=1S/C29H23F6N3O2/c1-16-12-25(39-19-8-9-19)22-13-18(7-11-24(22)36-16)38-14-17(15-38)6-10-21-26(37-40-27(21)29(33,34)35)20-4-2-3-5-23(20)28(30,31)32/h2-7,10-13,17,19H,8-9,14-15H2,1H3/b10-6+. The van der Waals surface area contributed by atoms with E-state index in [0.29, 0.717) is 13.1 Å². The van der Waals surface area contributed by atoms with E-state index < -0.39 is 40.5 Å². The molecule has 2 aromatic carbocycles. The van der Waals surface area contributed by atoms with Gasteiger partial charge in [-0.1, -0.05) is 35.5 Å². The van der Waals surface area contributed by atoms with Crippen molar-refractivity contribution < 1.29 is 35.6 Å². The molecule has 3 heterocycles. The number of fused-ring (bicyclic) bond motifs is 1. The van der Waals surface area contributed by atoms with E-state index in [1.54, 1.807) is 6.08 Å². The molecule has 1 saturated heterocycles. The molecule has 0 radical (unpaired) electrons. The summed E-state index contributed by atoms with van der Waals surface area (Å²) in [5, 5.41) is 4.30. The number of aromatic nitrogens is 2. The predicted octanol–water partition coefficient (Wildman–Crippen LogP) is 7.93. The van der Waals surface area contributed by atoms with Gasteiger partial charge in [-0.25, -0.2) is 0 Å². The third-order valence-corrected chi connectivity index (χ3v) is 6.98. The number of benzene rings is 2. The Labute approximate surface area is 225 Å². The van der Waals surface area contributed by atoms with E-state index >= 15 is 0 Å². The molecule has 4 aromatic rings. The third-order valence-electron chi connectivity index (χ3n) is 6.98. The first-order valence-corrected chi connectivity index (χ1v) is 12.7. The SMILES string of the molecule is Cc1cc(OC2CC2)c2cc(N3CC(/C=C/c4c(-c5ccccc5C(F)(F)F)noc4C(F)(F)F)C3)ccc2n1. The zero-order chi connectivity index (χ0) is 28.2. The molecule has 11 heteroatoms. The Morgan fingerprint density at radius 3 is 2.42 bits per heavy atom. The molecule has 1 aliphatic carbocycles. The maximum atomic E-state index is 13.7. The zero-order valence-electron chi connectivity index (χ0n) is 21.2. The van der Waals surface area contributed by atoms with E-state index in [1.807, 2.05) is 31.2 Å². The number of nitrogens with zero attached hydrogens (tertiary/aromatic N) is 3. The number of anilines is 1. The van der Waals surface area contributed by atoms with Crippen molar-refractivity contribution in [3.05, 3.63) is 77.2 Å². The molecule has 0 spiro atoms. The van der Waals surface area contributed by atoms with E-state index in [1.165, 1.54) is 18.2 Å². The largest absolute Gasteiger partial charge is 0.490 e. The fraction of sp³-hybridized carbons (Fsp3) is 0.310. The average Bonchev–Trinajstić information content (AvgIpc) is 3.57. The lowest BCUT2D eigenvalue weighted by molar-refractivity contribution is -0.155. The number of pyridine rings is 1. The van der Waals surface area contributed by atoms with Gasteiger partial charge in [0.25, 0.3) is 0 Å². The quantitative estimate of drug-likeness (QED) is 0.225. The molecule has 5 nitrogen and oxygen atoms in total. The molecule has 2 aromatic heterocycles. The van der Waals surface area contributed by atoms with Gasteiger partial charge in [-0.15, -0.1) is 0 Å². The summed E-state index contributed by atoms with van der Waals surface area (Å²) < 4.78 is 92.4. The van der Waals surface area contributed by atoms with Gasteiger partial charge in [0, 0.05) is 47.4 Å². The summed E-state index contributed by atoms with van der Waals surface area (Å²) in [4.78, 5) is 6.64. The third kappa shape index (κ3) is 5.12. The second-order valence-corrected chi connectivity index (χ2v) is 10.1. The molecule has 1 aliphatic heterocycles. The van der Waals surface area contributed by atoms with E-state index in [-0.39, 0.29) is 12.0 Å². The number of ether oxygens (including phenoxy) is 1. The second-order valence-electron chi connectivity index (χ2n) is 10.1. The van der Waals surface area contributed by atoms with Crippen LogP contribution in [-0.2, 0) is 12.4 Å². The smallest absolute Gasteiger partial charge is 0.453 e. The van der Waals surface area contributed by atoms with Crippen LogP contribution in [-0.4, -0.2) is 29.3 Å². The molecule has 0 N–H and O–H groups in total. The summed E-state index contributed by atoms with van der Waals surface area (Å²) >= 11 is 0. The highest BCUT2D eigenvalue weighted by Gasteiger charge is 2.42. The van der Waals surface area contributed by atoms with Crippen LogP contribution >= 0.6 is 0 Å². The summed E-state index contributed by atoms with van der Waals surface area (Å²) in [5.74, 6) is -0.786. The highest BCUT2D eigenvalue weighted by molar-refractivity contribution is 5.88. The molecular weight excluding hydrogens is 536 g/mol. The molecule has 0 bridgehead atoms. The lowest BCUT2D eigenvalue weighted by Gasteiger charge is -2.39. The maximum absolute atomic E-state index is 13.7. The van der Waals surface area contributed by atoms with Crippen LogP contribution in [0, 0.1) is 12.8 Å². The van der Waals surface area contributed by atoms with Crippen molar-refractivity contribution in [1.82, 2.24) is 10.1 Å². The van der Waals surface area contributed by atoms with Crippen LogP contribution in [0.4, 0.5) is 32.0 Å². The highest BCUT2D eigenvalue weighted by Crippen LogP contribution is 2.42. The average molecular weight is 560 g/mol. The second kappa shape index (κ2) is 9.57. The van der Waals surface area contributed by atoms with Crippen LogP contribution in [0.5, 0.6) is 5.75 Å². The molecule has 6 rings (SSSR count). The molecule has 208 valence electrons. The van der Waals surface area contributed by atoms with Crippen molar-refractivity contribution in [2.45, 2.75) is 38.2 Å². The van der Waals surface area contributed by atoms with Gasteiger partial charge >= 0.3 is 12.4 Å². The number of hydrogen-bond donors (Lipinski definition) is 0. The molecule has 2 fully saturated rings. The summed E-state index contributed by atoms with van der Waals surface area (Å²) in [5.41, 5.74) is -0.0145. The normalized spacial score (nSPS) is 16.6. The van der Waals surface area contributed by atoms with Crippen LogP contribution < -0.4 is 9.64 Å². The topological polar surface area (TPSA) is 51.4 Å². The first kappa shape index (κ1) is 26.2. The summed E-state index contributed by atoms with van der Waals surface area (Å²) in [6.07, 6.45) is -4.71. The van der Waals surface area contributed by atoms with E-state index in [4.69, 9.17) is 4.74 Å². The lowest BCUT2D eigenvalue weighted by atomic mass is 9.95. The molecule has 40 heavy (non-hydrogen) atoms. The van der Waals surface area contributed by atoms with Crippen molar-refractivity contribution in [3.63, 3.8) is 0 Å². The molecular formula is C29H23F6N3O2. The molecule has 0 unspecified atom stereocenters. The summed E-state index contributed by atoms with van der Waals surface area (Å²) in [6, 6.07) is 12.1. The van der Waals surface area contributed by atoms with Gasteiger partial charge in [-0.3, -0.25) is 4.98 Å². The number of hydrogen-bond acceptors (Lipinski definition) is 5. The Balaban J connectivity index is 1.25. The van der Waals surface area contributed by atoms with Crippen molar-refractivity contribution in [3.8, 4) is 17.0 Å². The maximum Gasteiger partial charge on any atom is 0.453 e. The van der Waals surface area contributed by atoms with Gasteiger partial charge < -0.3 is 14.2 Å². The molecule has 2 aliphatic rings. The monoisotopic (exact) mass is 559 g/mol. The van der Waals surface area contributed by atoms with Crippen LogP contribution in [0.2, 0.25) is 0 Å². The van der Waals surface area contributed by atoms with Gasteiger partial charge in [0.15, 0.2) is 0 Å². The Morgan fingerprint density at radius 2 is 1.73 bits per heavy atom. The number of halogens is 6. The first-order valence-electron chi connectivity index (χ1n) is 12.7. The minimum Gasteiger partial charge on any atom is -0.490 e. The van der Waals surface area contributed by atoms with Gasteiger partial charge in [-0.2, -0.15) is 26.3 Å². The van der Waals surface area contributed by atoms with E-state index in [0.717, 1.165) is 53.0 Å². The van der Waals surface area contributed by atoms with Gasteiger partial charge in [0.1, 0.15) is 11.4 Å². The Hall–Kier alpha value is -4.02. The number of aryl methyl sites for hydroxylation is 1. The van der Waals surface area contributed by atoms with Crippen molar-refractivity contribution in [2.24, 2.45) is 5.92 Å². The van der Waals surface area contributed by atoms with Crippen LogP contribution in [0.25, 0.3) is 28.2 Å². The molecule has 0 atom stereocenters. The van der Waals surface area contributed by atoms with Gasteiger partial charge in [-0.05, 0) is 44.0 Å². The predicted molar refractivity (Wildman–Crippen MR) is 137 cm³/mol. The minimum absolute atomic E-state index is 0.129. The number of rotatable bonds is 6.